The van der Waals surface area contributed by atoms with Crippen LogP contribution in [0.4, 0.5) is 8.78 Å². The van der Waals surface area contributed by atoms with E-state index in [9.17, 15) is 8.78 Å². The summed E-state index contributed by atoms with van der Waals surface area (Å²) >= 11 is 0. The van der Waals surface area contributed by atoms with Crippen LogP contribution in [0.15, 0.2) is 12.7 Å². The van der Waals surface area contributed by atoms with Crippen LogP contribution in [0.25, 0.3) is 0 Å². The summed E-state index contributed by atoms with van der Waals surface area (Å²) in [5.41, 5.74) is 0. The van der Waals surface area contributed by atoms with Crippen molar-refractivity contribution in [2.24, 2.45) is 0 Å². The van der Waals surface area contributed by atoms with Crippen LogP contribution in [-0.4, -0.2) is 12.8 Å². The van der Waals surface area contributed by atoms with E-state index in [0.717, 1.165) is 6.42 Å². The molecule has 0 amide bonds. The van der Waals surface area contributed by atoms with Gasteiger partial charge in [-0.2, -0.15) is 0 Å². The third kappa shape index (κ3) is 5.47. The highest BCUT2D eigenvalue weighted by Gasteiger charge is 2.02. The van der Waals surface area contributed by atoms with E-state index < -0.39 is 12.8 Å². The predicted octanol–water partition coefficient (Wildman–Crippen LogP) is 2.65. The number of rotatable bonds is 5. The average Bonchev–Trinajstić information content (AvgIpc) is 1.89. The van der Waals surface area contributed by atoms with Crippen LogP contribution in [-0.2, 0) is 0 Å². The van der Waals surface area contributed by atoms with E-state index in [-0.39, 0.29) is 0 Å². The van der Waals surface area contributed by atoms with E-state index in [2.05, 4.69) is 6.58 Å². The lowest BCUT2D eigenvalue weighted by Crippen LogP contribution is -2.00. The molecule has 54 valence electrons. The van der Waals surface area contributed by atoms with Crippen molar-refractivity contribution < 1.29 is 8.78 Å². The second-order valence-electron chi connectivity index (χ2n) is 1.97. The molecule has 0 aliphatic carbocycles. The maximum atomic E-state index is 12.0. The lowest BCUT2D eigenvalue weighted by Gasteiger charge is -1.98. The zero-order chi connectivity index (χ0) is 7.11. The van der Waals surface area contributed by atoms with Crippen molar-refractivity contribution in [1.29, 1.82) is 0 Å². The van der Waals surface area contributed by atoms with Gasteiger partial charge in [-0.05, 0) is 19.3 Å². The molecule has 0 radical (unpaired) electrons. The van der Waals surface area contributed by atoms with Gasteiger partial charge in [-0.15, -0.1) is 6.58 Å². The van der Waals surface area contributed by atoms with Crippen molar-refractivity contribution in [1.82, 2.24) is 0 Å². The van der Waals surface area contributed by atoms with Crippen molar-refractivity contribution in [3.63, 3.8) is 0 Å². The standard InChI is InChI=1S/C7H12F2/c1-2-3-4-5-7(9)6-8/h2,7H,1,3-6H2. The van der Waals surface area contributed by atoms with Crippen LogP contribution >= 0.6 is 0 Å². The van der Waals surface area contributed by atoms with E-state index >= 15 is 0 Å². The van der Waals surface area contributed by atoms with E-state index in [4.69, 9.17) is 0 Å². The smallest absolute Gasteiger partial charge is 0.128 e. The normalized spacial score (nSPS) is 13.1. The summed E-state index contributed by atoms with van der Waals surface area (Å²) in [6, 6.07) is 0. The lowest BCUT2D eigenvalue weighted by atomic mass is 10.2. The number of hydrogen-bond donors (Lipinski definition) is 0. The van der Waals surface area contributed by atoms with Crippen molar-refractivity contribution >= 4 is 0 Å². The molecule has 0 aromatic rings. The van der Waals surface area contributed by atoms with Gasteiger partial charge in [-0.1, -0.05) is 6.08 Å². The molecule has 2 heteroatoms. The number of allylic oxidation sites excluding steroid dienone is 1. The molecule has 0 spiro atoms. The predicted molar refractivity (Wildman–Crippen MR) is 34.9 cm³/mol. The van der Waals surface area contributed by atoms with E-state index in [1.165, 1.54) is 0 Å². The van der Waals surface area contributed by atoms with Crippen LogP contribution in [0.3, 0.4) is 0 Å². The highest BCUT2D eigenvalue weighted by atomic mass is 19.2. The van der Waals surface area contributed by atoms with Crippen LogP contribution in [0.1, 0.15) is 19.3 Å². The van der Waals surface area contributed by atoms with Gasteiger partial charge in [0, 0.05) is 0 Å². The van der Waals surface area contributed by atoms with Gasteiger partial charge in [0.25, 0.3) is 0 Å². The molecular formula is C7H12F2. The fraction of sp³-hybridized carbons (Fsp3) is 0.714. The van der Waals surface area contributed by atoms with E-state index in [1.54, 1.807) is 6.08 Å². The number of unbranched alkanes of at least 4 members (excludes halogenated alkanes) is 1. The summed E-state index contributed by atoms with van der Waals surface area (Å²) in [6.45, 7) is 2.62. The monoisotopic (exact) mass is 134 g/mol. The molecule has 0 aromatic carbocycles. The second kappa shape index (κ2) is 5.73. The molecule has 0 saturated heterocycles. The summed E-state index contributed by atoms with van der Waals surface area (Å²) in [5.74, 6) is 0. The number of hydrogen-bond acceptors (Lipinski definition) is 0. The zero-order valence-electron chi connectivity index (χ0n) is 5.45. The molecule has 0 bridgehead atoms. The Balaban J connectivity index is 2.96. The van der Waals surface area contributed by atoms with Gasteiger partial charge in [0.1, 0.15) is 12.8 Å². The highest BCUT2D eigenvalue weighted by Crippen LogP contribution is 2.04. The first-order valence-electron chi connectivity index (χ1n) is 3.12. The third-order valence-electron chi connectivity index (χ3n) is 1.09. The summed E-state index contributed by atoms with van der Waals surface area (Å²) in [6.07, 6.45) is 2.26. The first kappa shape index (κ1) is 8.60. The Morgan fingerprint density at radius 2 is 2.22 bits per heavy atom. The highest BCUT2D eigenvalue weighted by molar-refractivity contribution is 4.67. The molecule has 0 aromatic heterocycles. The zero-order valence-corrected chi connectivity index (χ0v) is 5.45. The Kier molecular flexibility index (Phi) is 5.48. The van der Waals surface area contributed by atoms with Gasteiger partial charge in [0.05, 0.1) is 0 Å². The molecule has 9 heavy (non-hydrogen) atoms. The molecule has 0 aliphatic heterocycles. The van der Waals surface area contributed by atoms with Crippen molar-refractivity contribution in [3.05, 3.63) is 12.7 Å². The minimum atomic E-state index is -1.26. The van der Waals surface area contributed by atoms with Crippen molar-refractivity contribution in [2.75, 3.05) is 6.67 Å². The van der Waals surface area contributed by atoms with E-state index in [1.807, 2.05) is 0 Å². The molecule has 1 atom stereocenters. The molecule has 0 nitrogen and oxygen atoms in total. The van der Waals surface area contributed by atoms with Gasteiger partial charge in [0.2, 0.25) is 0 Å². The first-order chi connectivity index (χ1) is 4.31. The second-order valence-corrected chi connectivity index (χ2v) is 1.97. The molecule has 0 heterocycles. The maximum Gasteiger partial charge on any atom is 0.128 e. The van der Waals surface area contributed by atoms with Gasteiger partial charge < -0.3 is 0 Å². The summed E-state index contributed by atoms with van der Waals surface area (Å²) in [4.78, 5) is 0. The fourth-order valence-corrected chi connectivity index (χ4v) is 0.561. The minimum Gasteiger partial charge on any atom is -0.248 e. The molecule has 1 unspecified atom stereocenters. The Labute approximate surface area is 54.6 Å². The first-order valence-corrected chi connectivity index (χ1v) is 3.12. The minimum absolute atomic E-state index is 0.322. The number of halogens is 2. The summed E-state index contributed by atoms with van der Waals surface area (Å²) in [5, 5.41) is 0. The molecule has 0 N–H and O–H groups in total. The topological polar surface area (TPSA) is 0 Å². The molecular weight excluding hydrogens is 122 g/mol. The van der Waals surface area contributed by atoms with Crippen LogP contribution in [0, 0.1) is 0 Å². The van der Waals surface area contributed by atoms with Gasteiger partial charge in [0.15, 0.2) is 0 Å². The SMILES string of the molecule is C=CCCCC(F)CF. The van der Waals surface area contributed by atoms with Crippen molar-refractivity contribution in [2.45, 2.75) is 25.4 Å². The summed E-state index contributed by atoms with van der Waals surface area (Å²) in [7, 11) is 0. The molecule has 0 saturated carbocycles. The average molecular weight is 134 g/mol. The van der Waals surface area contributed by atoms with Crippen LogP contribution < -0.4 is 0 Å². The summed E-state index contributed by atoms with van der Waals surface area (Å²) < 4.78 is 23.5. The van der Waals surface area contributed by atoms with Gasteiger partial charge >= 0.3 is 0 Å². The number of alkyl halides is 2. The van der Waals surface area contributed by atoms with Crippen LogP contribution in [0.5, 0.6) is 0 Å². The largest absolute Gasteiger partial charge is 0.248 e. The fourth-order valence-electron chi connectivity index (χ4n) is 0.561. The lowest BCUT2D eigenvalue weighted by molar-refractivity contribution is 0.244. The molecule has 0 rings (SSSR count). The maximum absolute atomic E-state index is 12.0. The van der Waals surface area contributed by atoms with Crippen molar-refractivity contribution in [3.8, 4) is 0 Å². The van der Waals surface area contributed by atoms with E-state index in [0.29, 0.717) is 12.8 Å². The quantitative estimate of drug-likeness (QED) is 0.400. The van der Waals surface area contributed by atoms with Crippen LogP contribution in [0.2, 0.25) is 0 Å². The Morgan fingerprint density at radius 1 is 1.56 bits per heavy atom. The molecule has 0 fully saturated rings. The van der Waals surface area contributed by atoms with Gasteiger partial charge in [-0.25, -0.2) is 8.78 Å². The third-order valence-corrected chi connectivity index (χ3v) is 1.09. The Morgan fingerprint density at radius 3 is 2.67 bits per heavy atom. The molecule has 0 aliphatic rings. The van der Waals surface area contributed by atoms with Gasteiger partial charge in [-0.3, -0.25) is 0 Å². The Bertz CT molecular complexity index is 71.3. The Hall–Kier alpha value is -0.400.